The summed E-state index contributed by atoms with van der Waals surface area (Å²) in [4.78, 5) is 98.5. The predicted octanol–water partition coefficient (Wildman–Crippen LogP) is 4.00. The van der Waals surface area contributed by atoms with Gasteiger partial charge in [-0.2, -0.15) is 0 Å². The van der Waals surface area contributed by atoms with Crippen LogP contribution in [0.3, 0.4) is 0 Å². The number of hydrogen-bond donors (Lipinski definition) is 37. The van der Waals surface area contributed by atoms with Crippen molar-refractivity contribution in [2.24, 2.45) is 107 Å². The molecule has 57 nitrogen and oxygen atoms in total. The number of aliphatic carboxylic acids is 1. The van der Waals surface area contributed by atoms with E-state index >= 15 is 0 Å². The van der Waals surface area contributed by atoms with E-state index in [-0.39, 0.29) is 70.3 Å². The number of fused-ring (bicyclic) bond motifs is 14. The van der Waals surface area contributed by atoms with Gasteiger partial charge in [0.2, 0.25) is 106 Å². The van der Waals surface area contributed by atoms with Crippen molar-refractivity contribution in [3.8, 4) is 0 Å². The Morgan fingerprint density at radius 3 is 1.32 bits per heavy atom. The van der Waals surface area contributed by atoms with Gasteiger partial charge in [-0.25, -0.2) is 94.8 Å². The van der Waals surface area contributed by atoms with Gasteiger partial charge in [-0.05, 0) is 69.5 Å². The van der Waals surface area contributed by atoms with Gasteiger partial charge in [-0.1, -0.05) is 83.0 Å². The molecule has 3 aromatic rings. The third-order valence-corrected chi connectivity index (χ3v) is 27.6. The number of aliphatic imine (C=N–C) groups is 18. The Morgan fingerprint density at radius 2 is 0.852 bits per heavy atom. The molecule has 18 atom stereocenters. The van der Waals surface area contributed by atoms with Crippen molar-refractivity contribution in [1.82, 2.24) is 25.6 Å². The van der Waals surface area contributed by atoms with Crippen LogP contribution in [0.1, 0.15) is 88.3 Å². The highest BCUT2D eigenvalue weighted by molar-refractivity contribution is 8.77. The molecular weight excluding hydrogens is 1990 g/mol. The van der Waals surface area contributed by atoms with E-state index in [1.54, 1.807) is 24.3 Å². The van der Waals surface area contributed by atoms with Crippen molar-refractivity contribution < 1.29 is 132 Å². The van der Waals surface area contributed by atoms with Crippen LogP contribution in [0.5, 0.6) is 0 Å². The lowest BCUT2D eigenvalue weighted by Gasteiger charge is -2.20. The molecule has 2 aromatic heterocycles. The fourth-order valence-corrected chi connectivity index (χ4v) is 19.8. The maximum atomic E-state index is 12.9. The number of carboxylic acids is 1. The van der Waals surface area contributed by atoms with Gasteiger partial charge in [-0.15, -0.1) is 0 Å². The second-order valence-corrected chi connectivity index (χ2v) is 38.9. The number of hydrogen-bond acceptors (Lipinski definition) is 35. The van der Waals surface area contributed by atoms with Crippen LogP contribution in [0.2, 0.25) is 0 Å². The van der Waals surface area contributed by atoms with Crippen LogP contribution >= 0.6 is 64.8 Å². The molecule has 0 fully saturated rings. The monoisotopic (exact) mass is 2110 g/mol. The highest BCUT2D eigenvalue weighted by atomic mass is 33.1. The molecule has 6 heterocycles. The standard InChI is InChI=1S/C79H117N31O26S6/c80-14-4-3-9-38-61(120)97-42(17-34-22-91-37-8-2-1-7-36(34)37)65(124)107-51-28-139-142-32-55(109-67(126)44(19-56(81)114)99-64(123)41-12-13-58(116)93-41)77(136)110-52-29-140-141-31-54(76(135)105-50(60(83)119)27-137-138-30-53(108-68(127)45(20-57(82)115)100-74(52)133)75(134)104-49(26-113)72(131)103-48(25-112)71(130)94-38)106-63(122)40(11-6-16-90-79(86)87)95-70(129)47(24-111)102-66(125)43(18-35-23-88-33-92-35)98-69(128)46(21-59(117)118)101-62(121)39(96-73(51)132)10-5-15-89-78(84)85/h1-2,7-8,22-23,33,38-55,91,111-113H,3-6,9-21,24-32,80H2,(H2,81,114)(H2,82,115)(H2,83,119)(H,88,92)(H,93,116)(H,94,130)(H,95,129)(H,96,132)(H,97,120)(H,98,128)(H,99,123)(H,100,133)(H,101,121)(H,102,125)(H,103,131)(H,104,134)(H,105,135)(H,106,122)(H,107,124)(H,108,127)(H,109,126)(H,110,136)(H,117,118)(H4,84,85,89)(H4,86,87,90). The number of rotatable bonds is 30. The fraction of sp³-hybridized carbons (Fsp3) is 0.557. The molecule has 0 aliphatic carbocycles. The number of guanidine groups is 2. The number of unbranched alkanes of at least 4 members (excludes halogenated alkanes) is 1. The summed E-state index contributed by atoms with van der Waals surface area (Å²) in [7, 11) is 4.00. The molecule has 142 heavy (non-hydrogen) atoms. The number of nitrogens with two attached hydrogens (primary N) is 3. The lowest BCUT2D eigenvalue weighted by atomic mass is 10.0. The highest BCUT2D eigenvalue weighted by Crippen LogP contribution is 2.32. The normalized spacial score (nSPS) is 26.2. The van der Waals surface area contributed by atoms with E-state index in [0.717, 1.165) is 0 Å². The Morgan fingerprint density at radius 1 is 0.444 bits per heavy atom. The van der Waals surface area contributed by atoms with Crippen LogP contribution in [-0.2, 0) is 17.6 Å². The lowest BCUT2D eigenvalue weighted by molar-refractivity contribution is -0.137. The highest BCUT2D eigenvalue weighted by Gasteiger charge is 2.37. The number of aliphatic hydroxyl groups is 24. The zero-order valence-corrected chi connectivity index (χ0v) is 80.5. The average Bonchev–Trinajstić information content (AvgIpc) is 1.66. The first-order chi connectivity index (χ1) is 67.6. The van der Waals surface area contributed by atoms with Crippen molar-refractivity contribution >= 4 is 217 Å². The number of aromatic amines is 2. The van der Waals surface area contributed by atoms with Gasteiger partial charge in [0.25, 0.3) is 0 Å². The summed E-state index contributed by atoms with van der Waals surface area (Å²) >= 11 is 0. The summed E-state index contributed by atoms with van der Waals surface area (Å²) in [6.45, 7) is -4.10. The number of carbonyl (C=O) groups is 1. The number of nitrogens with one attached hydrogen (secondary N) is 9. The first-order valence-electron chi connectivity index (χ1n) is 43.3. The molecule has 4 bridgehead atoms. The second-order valence-electron chi connectivity index (χ2n) is 31.3. The zero-order valence-electron chi connectivity index (χ0n) is 75.6. The van der Waals surface area contributed by atoms with E-state index in [9.17, 15) is 132 Å². The summed E-state index contributed by atoms with van der Waals surface area (Å²) < 4.78 is 0. The molecule has 0 saturated heterocycles. The van der Waals surface area contributed by atoms with Gasteiger partial charge >= 0.3 is 5.97 Å². The Labute approximate surface area is 831 Å². The number of benzene rings is 1. The van der Waals surface area contributed by atoms with Crippen LogP contribution in [0.4, 0.5) is 0 Å². The lowest BCUT2D eigenvalue weighted by Crippen LogP contribution is -2.35. The maximum absolute atomic E-state index is 12.9. The van der Waals surface area contributed by atoms with E-state index in [1.807, 2.05) is 0 Å². The smallest absolute Gasteiger partial charge is 0.306 e. The Bertz CT molecular complexity index is 5370. The summed E-state index contributed by atoms with van der Waals surface area (Å²) in [6.07, 6.45) is -1.68. The number of nitrogens with zero attached hydrogens (tertiary/aromatic N) is 19. The van der Waals surface area contributed by atoms with Gasteiger partial charge in [0.05, 0.1) is 45.4 Å². The molecule has 780 valence electrons. The summed E-state index contributed by atoms with van der Waals surface area (Å²) in [5.74, 6) is -30.8. The molecule has 7 rings (SSSR count). The van der Waals surface area contributed by atoms with Gasteiger partial charge < -0.3 is 165 Å². The molecule has 63 heteroatoms. The topological polar surface area (TPSA) is 1010 Å². The van der Waals surface area contributed by atoms with Crippen molar-refractivity contribution in [1.29, 1.82) is 27.0 Å². The number of carboxylic acid groups (broad SMARTS) is 1. The van der Waals surface area contributed by atoms with Crippen LogP contribution in [0.25, 0.3) is 10.9 Å². The molecule has 4 aliphatic rings. The summed E-state index contributed by atoms with van der Waals surface area (Å²) in [5, 5.41) is 340. The number of aromatic nitrogens is 3. The maximum Gasteiger partial charge on any atom is 0.306 e. The minimum absolute atomic E-state index is 0.0394. The third-order valence-electron chi connectivity index (χ3n) is 20.4. The molecule has 40 N–H and O–H groups in total. The summed E-state index contributed by atoms with van der Waals surface area (Å²) in [6, 6.07) is -28.3. The molecule has 18 unspecified atom stereocenters. The first kappa shape index (κ1) is 116. The van der Waals surface area contributed by atoms with Gasteiger partial charge in [-0.3, -0.25) is 31.8 Å². The largest absolute Gasteiger partial charge is 0.497 e. The van der Waals surface area contributed by atoms with Gasteiger partial charge in [0.1, 0.15) is 90.6 Å². The van der Waals surface area contributed by atoms with Crippen molar-refractivity contribution in [2.75, 3.05) is 74.0 Å². The average molecular weight is 2110 g/mol. The first-order valence-corrected chi connectivity index (χ1v) is 50.8. The number of para-hydroxylation sites is 1. The van der Waals surface area contributed by atoms with E-state index in [2.05, 4.69) is 115 Å². The fourth-order valence-electron chi connectivity index (χ4n) is 13.1. The van der Waals surface area contributed by atoms with Crippen LogP contribution < -0.4 is 27.8 Å². The molecule has 1 aromatic carbocycles. The molecular formula is C79H117N31O26S6. The number of aliphatic hydroxyl groups excluding tert-OH is 24. The van der Waals surface area contributed by atoms with Gasteiger partial charge in [0.15, 0.2) is 47.7 Å². The number of imidazole rings is 1. The van der Waals surface area contributed by atoms with Crippen molar-refractivity contribution in [3.05, 3.63) is 54.2 Å². The van der Waals surface area contributed by atoms with E-state index in [0.29, 0.717) is 81.2 Å². The molecule has 0 saturated carbocycles. The molecule has 0 spiro atoms. The predicted molar refractivity (Wildman–Crippen MR) is 553 cm³/mol. The minimum atomic E-state index is -2.22. The van der Waals surface area contributed by atoms with Crippen LogP contribution in [0, 0.1) is 27.0 Å². The van der Waals surface area contributed by atoms with Gasteiger partial charge in [0, 0.05) is 95.9 Å². The van der Waals surface area contributed by atoms with E-state index in [1.165, 1.54) is 18.7 Å². The Kier molecular flexibility index (Phi) is 48.0. The quantitative estimate of drug-likeness (QED) is 0.0194. The van der Waals surface area contributed by atoms with Crippen LogP contribution in [-0.4, -0.2) is 467 Å². The SMILES string of the molecule is N=C(O)CC(N=C(O)C1CCC(O)=N1)C(O)=NC1CSSCC2N=C(O)C(Cc3c[nH]c4ccccc34)N=C(O)C(CCCCN)N=C(O)C(CO)N=C(O)C(CO)N=C(O)C3CSSCC(C(=N)O)N=C(O)C(CSSCC(N=C1O)C(O)=NC(CC(=N)O)C(O)=N3)N=C(O)C(CCCNC(=N)N)N=C(O)C(CO)N=C(O)C(Cc1cnc[nH]1)N=C(O)C(CC(=O)O)N=C(O)C(CCCNC(=N)N)N=C2O. The summed E-state index contributed by atoms with van der Waals surface area (Å²) in [5.41, 5.74) is 18.2. The molecule has 4 aliphatic heterocycles. The van der Waals surface area contributed by atoms with E-state index < -0.39 is 350 Å². The minimum Gasteiger partial charge on any atom is -0.497 e. The zero-order chi connectivity index (χ0) is 104. The molecule has 0 radical (unpaired) electrons. The Hall–Kier alpha value is -13.2. The molecule has 0 amide bonds. The third kappa shape index (κ3) is 38.3. The Balaban J connectivity index is 1.70. The van der Waals surface area contributed by atoms with Crippen molar-refractivity contribution in [3.63, 3.8) is 0 Å². The second kappa shape index (κ2) is 58.9. The van der Waals surface area contributed by atoms with Crippen LogP contribution in [0.15, 0.2) is 133 Å². The van der Waals surface area contributed by atoms with E-state index in [4.69, 9.17) is 44.2 Å². The van der Waals surface area contributed by atoms with Crippen molar-refractivity contribution in [2.45, 2.75) is 199 Å². The number of H-pyrrole nitrogens is 2.